The third-order valence-electron chi connectivity index (χ3n) is 8.85. The summed E-state index contributed by atoms with van der Waals surface area (Å²) in [6, 6.07) is 51.7. The van der Waals surface area contributed by atoms with Crippen molar-refractivity contribution < 1.29 is 0 Å². The summed E-state index contributed by atoms with van der Waals surface area (Å²) in [6.07, 6.45) is 0. The number of anilines is 3. The van der Waals surface area contributed by atoms with Crippen molar-refractivity contribution in [3.8, 4) is 0 Å². The highest BCUT2D eigenvalue weighted by Gasteiger charge is 2.21. The van der Waals surface area contributed by atoms with Crippen LogP contribution in [0, 0.1) is 0 Å². The van der Waals surface area contributed by atoms with Crippen molar-refractivity contribution in [1.29, 1.82) is 0 Å². The zero-order valence-corrected chi connectivity index (χ0v) is 25.9. The van der Waals surface area contributed by atoms with Crippen molar-refractivity contribution in [3.05, 3.63) is 140 Å². The summed E-state index contributed by atoms with van der Waals surface area (Å²) < 4.78 is 7.94. The molecule has 206 valence electrons. The highest BCUT2D eigenvalue weighted by molar-refractivity contribution is 7.27. The minimum atomic E-state index is 1.18. The molecule has 44 heavy (non-hydrogen) atoms. The van der Waals surface area contributed by atoms with Crippen molar-refractivity contribution >= 4 is 122 Å². The van der Waals surface area contributed by atoms with Gasteiger partial charge in [-0.2, -0.15) is 0 Å². The smallest absolute Gasteiger partial charge is 0.0554 e. The van der Waals surface area contributed by atoms with Crippen LogP contribution in [0.15, 0.2) is 140 Å². The van der Waals surface area contributed by atoms with Crippen molar-refractivity contribution in [2.45, 2.75) is 0 Å². The van der Waals surface area contributed by atoms with Crippen molar-refractivity contribution in [1.82, 2.24) is 0 Å². The summed E-state index contributed by atoms with van der Waals surface area (Å²) >= 11 is 5.65. The quantitative estimate of drug-likeness (QED) is 0.192. The van der Waals surface area contributed by atoms with E-state index in [1.807, 2.05) is 34.0 Å². The van der Waals surface area contributed by atoms with E-state index in [9.17, 15) is 0 Å². The summed E-state index contributed by atoms with van der Waals surface area (Å²) in [5.74, 6) is 0. The van der Waals surface area contributed by atoms with Gasteiger partial charge in [0, 0.05) is 71.9 Å². The van der Waals surface area contributed by atoms with Gasteiger partial charge >= 0.3 is 0 Å². The van der Waals surface area contributed by atoms with Crippen molar-refractivity contribution in [3.63, 3.8) is 0 Å². The second kappa shape index (κ2) is 9.38. The zero-order valence-electron chi connectivity index (χ0n) is 23.5. The van der Waals surface area contributed by atoms with E-state index in [0.29, 0.717) is 0 Å². The monoisotopic (exact) mass is 613 g/mol. The molecule has 10 aromatic rings. The molecule has 0 aliphatic rings. The van der Waals surface area contributed by atoms with Gasteiger partial charge in [-0.15, -0.1) is 34.0 Å². The summed E-state index contributed by atoms with van der Waals surface area (Å²) in [5.41, 5.74) is 3.57. The lowest BCUT2D eigenvalue weighted by molar-refractivity contribution is 1.32. The number of thiophene rings is 3. The van der Waals surface area contributed by atoms with Crippen LogP contribution in [0.4, 0.5) is 17.1 Å². The molecule has 0 unspecified atom stereocenters. The fourth-order valence-electron chi connectivity index (χ4n) is 6.86. The van der Waals surface area contributed by atoms with E-state index in [4.69, 9.17) is 0 Å². The molecule has 4 heteroatoms. The zero-order chi connectivity index (χ0) is 28.8. The molecule has 1 nitrogen and oxygen atoms in total. The molecule has 0 fully saturated rings. The van der Waals surface area contributed by atoms with E-state index in [2.05, 4.69) is 144 Å². The summed E-state index contributed by atoms with van der Waals surface area (Å²) in [5, 5.41) is 10.5. The van der Waals surface area contributed by atoms with Gasteiger partial charge in [0.25, 0.3) is 0 Å². The highest BCUT2D eigenvalue weighted by atomic mass is 32.1. The molecule has 3 heterocycles. The second-order valence-electron chi connectivity index (χ2n) is 11.3. The molecule has 7 aromatic carbocycles. The first kappa shape index (κ1) is 24.7. The van der Waals surface area contributed by atoms with Gasteiger partial charge < -0.3 is 4.90 Å². The number of hydrogen-bond acceptors (Lipinski definition) is 4. The SMILES string of the molecule is c1ccc2c(c1)ccc1c2sc2cccc(N(c3ccc4c(c3)sc3ccccc34)c3ccc4c(c3)sc3ccccc34)c21. The molecule has 0 spiro atoms. The van der Waals surface area contributed by atoms with Crippen LogP contribution in [0.5, 0.6) is 0 Å². The van der Waals surface area contributed by atoms with E-state index < -0.39 is 0 Å². The molecule has 0 saturated heterocycles. The second-order valence-corrected chi connectivity index (χ2v) is 14.5. The molecule has 0 N–H and O–H groups in total. The minimum Gasteiger partial charge on any atom is -0.310 e. The van der Waals surface area contributed by atoms with Crippen LogP contribution in [0.25, 0.3) is 71.3 Å². The van der Waals surface area contributed by atoms with Crippen LogP contribution >= 0.6 is 34.0 Å². The summed E-state index contributed by atoms with van der Waals surface area (Å²) in [4.78, 5) is 2.48. The Bertz CT molecular complexity index is 2630. The van der Waals surface area contributed by atoms with Gasteiger partial charge in [-0.05, 0) is 59.3 Å². The van der Waals surface area contributed by atoms with Gasteiger partial charge in [0.1, 0.15) is 0 Å². The Kier molecular flexibility index (Phi) is 5.26. The first-order valence-electron chi connectivity index (χ1n) is 14.8. The molecular weight excluding hydrogens is 591 g/mol. The normalized spacial score (nSPS) is 12.1. The molecule has 0 aliphatic heterocycles. The largest absolute Gasteiger partial charge is 0.310 e. The van der Waals surface area contributed by atoms with Gasteiger partial charge in [0.2, 0.25) is 0 Å². The third-order valence-corrected chi connectivity index (χ3v) is 12.3. The Morgan fingerprint density at radius 1 is 0.364 bits per heavy atom. The number of nitrogens with zero attached hydrogens (tertiary/aromatic N) is 1. The van der Waals surface area contributed by atoms with Crippen LogP contribution in [-0.4, -0.2) is 0 Å². The topological polar surface area (TPSA) is 3.24 Å². The molecule has 0 radical (unpaired) electrons. The number of hydrogen-bond donors (Lipinski definition) is 0. The van der Waals surface area contributed by atoms with Crippen molar-refractivity contribution in [2.75, 3.05) is 4.90 Å². The van der Waals surface area contributed by atoms with Crippen molar-refractivity contribution in [2.24, 2.45) is 0 Å². The van der Waals surface area contributed by atoms with Crippen LogP contribution < -0.4 is 4.90 Å². The van der Waals surface area contributed by atoms with E-state index in [1.165, 1.54) is 88.4 Å². The van der Waals surface area contributed by atoms with E-state index in [-0.39, 0.29) is 0 Å². The lowest BCUT2D eigenvalue weighted by atomic mass is 10.0. The Balaban J connectivity index is 1.28. The van der Waals surface area contributed by atoms with E-state index in [0.717, 1.165) is 0 Å². The third kappa shape index (κ3) is 3.56. The van der Waals surface area contributed by atoms with Crippen LogP contribution in [0.1, 0.15) is 0 Å². The first-order valence-corrected chi connectivity index (χ1v) is 17.2. The predicted molar refractivity (Wildman–Crippen MR) is 197 cm³/mol. The average Bonchev–Trinajstić information content (AvgIpc) is 3.76. The first-order chi connectivity index (χ1) is 21.8. The number of benzene rings is 7. The maximum absolute atomic E-state index is 2.48. The van der Waals surface area contributed by atoms with Gasteiger partial charge in [-0.1, -0.05) is 91.0 Å². The van der Waals surface area contributed by atoms with Gasteiger partial charge in [0.15, 0.2) is 0 Å². The van der Waals surface area contributed by atoms with Gasteiger partial charge in [0.05, 0.1) is 5.69 Å². The lowest BCUT2D eigenvalue weighted by Crippen LogP contribution is -2.10. The van der Waals surface area contributed by atoms with E-state index in [1.54, 1.807) is 0 Å². The molecule has 0 saturated carbocycles. The molecule has 3 aromatic heterocycles. The minimum absolute atomic E-state index is 1.18. The number of fused-ring (bicyclic) bond motifs is 11. The van der Waals surface area contributed by atoms with Crippen LogP contribution in [0.2, 0.25) is 0 Å². The molecule has 0 bridgehead atoms. The van der Waals surface area contributed by atoms with Crippen LogP contribution in [0.3, 0.4) is 0 Å². The molecule has 0 aliphatic carbocycles. The Labute approximate surface area is 265 Å². The van der Waals surface area contributed by atoms with Gasteiger partial charge in [-0.3, -0.25) is 0 Å². The molecule has 0 amide bonds. The Morgan fingerprint density at radius 2 is 0.909 bits per heavy atom. The van der Waals surface area contributed by atoms with E-state index >= 15 is 0 Å². The molecule has 10 rings (SSSR count). The maximum Gasteiger partial charge on any atom is 0.0554 e. The van der Waals surface area contributed by atoms with Crippen LogP contribution in [-0.2, 0) is 0 Å². The predicted octanol–water partition coefficient (Wildman–Crippen LogP) is 13.4. The standard InChI is InChI=1S/C40H23NS3/c1-2-9-27-24(8-1)16-19-32-39-33(12-7-15-36(39)44-40(27)32)41(25-17-20-30-28-10-3-5-13-34(28)42-37(30)22-25)26-18-21-31-29-11-4-6-14-35(29)43-38(31)23-26/h1-23H. The molecule has 0 atom stereocenters. The summed E-state index contributed by atoms with van der Waals surface area (Å²) in [6.45, 7) is 0. The summed E-state index contributed by atoms with van der Waals surface area (Å²) in [7, 11) is 0. The average molecular weight is 614 g/mol. The van der Waals surface area contributed by atoms with Gasteiger partial charge in [-0.25, -0.2) is 0 Å². The molecular formula is C40H23NS3. The Hall–Kier alpha value is -4.74. The Morgan fingerprint density at radius 3 is 1.59 bits per heavy atom. The fourth-order valence-corrected chi connectivity index (χ4v) is 10.4. The fraction of sp³-hybridized carbons (Fsp3) is 0. The lowest BCUT2D eigenvalue weighted by Gasteiger charge is -2.26. The number of rotatable bonds is 3. The highest BCUT2D eigenvalue weighted by Crippen LogP contribution is 2.48. The maximum atomic E-state index is 2.48.